The number of halogens is 5. The van der Waals surface area contributed by atoms with E-state index in [1.807, 2.05) is 18.3 Å². The number of piperidine rings is 1. The summed E-state index contributed by atoms with van der Waals surface area (Å²) in [4.78, 5) is 4.31. The Labute approximate surface area is 133 Å². The second-order valence-electron chi connectivity index (χ2n) is 3.62. The SMILES string of the molecule is [ClH+][Nb]([ClH+])([ClH+])[ClH+].[ClH2+].c1ccc(C2CCCC[N-]2)nc1. The summed E-state index contributed by atoms with van der Waals surface area (Å²) in [6.07, 6.45) is 5.57. The summed E-state index contributed by atoms with van der Waals surface area (Å²) in [6, 6.07) is 6.43. The predicted octanol–water partition coefficient (Wildman–Crippen LogP) is 1.07. The summed E-state index contributed by atoms with van der Waals surface area (Å²) < 4.78 is 0. The maximum atomic E-state index is 4.54. The third-order valence-corrected chi connectivity index (χ3v) is 2.26. The molecular weight excluding hydrogens is 418 g/mol. The summed E-state index contributed by atoms with van der Waals surface area (Å²) in [7, 11) is 17.9. The van der Waals surface area contributed by atoms with E-state index in [-0.39, 0.29) is 12.4 Å². The second-order valence-corrected chi connectivity index (χ2v) is 27.0. The van der Waals surface area contributed by atoms with Crippen molar-refractivity contribution in [2.45, 2.75) is 25.3 Å². The molecule has 0 aromatic carbocycles. The van der Waals surface area contributed by atoms with Crippen LogP contribution in [-0.4, -0.2) is 11.5 Å². The number of rotatable bonds is 1. The van der Waals surface area contributed by atoms with Gasteiger partial charge in [0.15, 0.2) is 0 Å². The van der Waals surface area contributed by atoms with Gasteiger partial charge in [-0.2, -0.15) is 0 Å². The Bertz CT molecular complexity index is 308. The minimum absolute atomic E-state index is 0. The first-order chi connectivity index (χ1) is 7.97. The maximum absolute atomic E-state index is 4.54. The van der Waals surface area contributed by atoms with Crippen molar-refractivity contribution >= 4 is 0 Å². The van der Waals surface area contributed by atoms with Crippen LogP contribution in [0.15, 0.2) is 24.4 Å². The Morgan fingerprint density at radius 1 is 1.17 bits per heavy atom. The average Bonchev–Trinajstić information content (AvgIpc) is 2.29. The van der Waals surface area contributed by atoms with Crippen molar-refractivity contribution < 1.29 is 62.0 Å². The first-order valence-corrected chi connectivity index (χ1v) is 17.5. The number of hydrogen-bond acceptors (Lipinski definition) is 1. The second kappa shape index (κ2) is 10.1. The fourth-order valence-electron chi connectivity index (χ4n) is 1.60. The van der Waals surface area contributed by atoms with E-state index in [1.54, 1.807) is 0 Å². The van der Waals surface area contributed by atoms with Gasteiger partial charge in [-0.1, -0.05) is 31.4 Å². The fourth-order valence-corrected chi connectivity index (χ4v) is 1.60. The standard InChI is InChI=1S/C10H13N2.ClH2.4ClH.Nb/c1-3-7-11-9(5-1)10-6-2-4-8-12-10;;;;;;/h1,3,5,7,10H,2,4,6,8H2;1H2;4*1H;/q-1;+1;;;;;+4. The normalized spacial score (nSPS) is 19.2. The molecule has 0 amide bonds. The summed E-state index contributed by atoms with van der Waals surface area (Å²) in [5, 5.41) is 4.54. The summed E-state index contributed by atoms with van der Waals surface area (Å²) >= 11 is -2.77. The molecule has 0 aliphatic carbocycles. The van der Waals surface area contributed by atoms with Crippen LogP contribution in [-0.2, 0) is 12.8 Å². The molecule has 0 saturated carbocycles. The van der Waals surface area contributed by atoms with Crippen LogP contribution in [0.1, 0.15) is 31.0 Å². The van der Waals surface area contributed by atoms with Gasteiger partial charge in [0.1, 0.15) is 0 Å². The van der Waals surface area contributed by atoms with Crippen LogP contribution < -0.4 is 0 Å². The minimum atomic E-state index is -2.77. The summed E-state index contributed by atoms with van der Waals surface area (Å²) in [6.45, 7) is 1.02. The van der Waals surface area contributed by atoms with E-state index >= 15 is 0 Å². The first kappa shape index (κ1) is 19.3. The summed E-state index contributed by atoms with van der Waals surface area (Å²) in [5.41, 5.74) is 1.14. The monoisotopic (exact) mass is 435 g/mol. The maximum Gasteiger partial charge on any atom is 0.0903 e. The van der Waals surface area contributed by atoms with Gasteiger partial charge in [0, 0.05) is 11.9 Å². The Kier molecular flexibility index (Phi) is 10.8. The van der Waals surface area contributed by atoms with Crippen molar-refractivity contribution in [1.82, 2.24) is 4.98 Å². The molecule has 18 heavy (non-hydrogen) atoms. The zero-order valence-corrected chi connectivity index (χ0v) is 16.0. The molecule has 1 aliphatic heterocycles. The largest absolute Gasteiger partial charge is 0.654 e. The van der Waals surface area contributed by atoms with Gasteiger partial charge in [0.25, 0.3) is 0 Å². The molecule has 8 heteroatoms. The Morgan fingerprint density at radius 2 is 1.83 bits per heavy atom. The van der Waals surface area contributed by atoms with Gasteiger partial charge in [-0.15, -0.1) is 6.54 Å². The topological polar surface area (TPSA) is 27.0 Å². The van der Waals surface area contributed by atoms with Crippen molar-refractivity contribution in [3.05, 3.63) is 35.4 Å². The smallest absolute Gasteiger partial charge is 0.0903 e. The van der Waals surface area contributed by atoms with Gasteiger partial charge < -0.3 is 5.32 Å². The predicted molar refractivity (Wildman–Crippen MR) is 57.4 cm³/mol. The molecule has 2 heterocycles. The third-order valence-electron chi connectivity index (χ3n) is 2.26. The van der Waals surface area contributed by atoms with Crippen LogP contribution in [0.25, 0.3) is 5.32 Å². The van der Waals surface area contributed by atoms with Gasteiger partial charge in [0.05, 0.1) is 12.4 Å². The quantitative estimate of drug-likeness (QED) is 0.604. The van der Waals surface area contributed by atoms with Crippen LogP contribution >= 0.6 is 0 Å². The molecule has 0 spiro atoms. The van der Waals surface area contributed by atoms with Gasteiger partial charge >= 0.3 is 49.6 Å². The molecular formula is C10H19Cl5N2Nb+4. The van der Waals surface area contributed by atoms with Gasteiger partial charge in [-0.05, 0) is 12.1 Å². The number of pyridine rings is 1. The fraction of sp³-hybridized carbons (Fsp3) is 0.500. The van der Waals surface area contributed by atoms with Crippen LogP contribution in [0.3, 0.4) is 0 Å². The first-order valence-electron chi connectivity index (χ1n) is 5.27. The Balaban J connectivity index is 0.000000421. The molecule has 0 N–H and O–H groups in total. The van der Waals surface area contributed by atoms with E-state index in [9.17, 15) is 0 Å². The molecule has 1 aromatic heterocycles. The number of aromatic nitrogens is 1. The zero-order valence-electron chi connectivity index (χ0n) is 9.64. The molecule has 1 aliphatic rings. The molecule has 105 valence electrons. The van der Waals surface area contributed by atoms with Crippen LogP contribution in [0.4, 0.5) is 0 Å². The third kappa shape index (κ3) is 10.1. The van der Waals surface area contributed by atoms with Crippen LogP contribution in [0.2, 0.25) is 0 Å². The molecule has 1 unspecified atom stereocenters. The van der Waals surface area contributed by atoms with E-state index < -0.39 is 12.8 Å². The molecule has 1 aromatic rings. The zero-order chi connectivity index (χ0) is 12.7. The van der Waals surface area contributed by atoms with Gasteiger partial charge in [-0.3, -0.25) is 4.98 Å². The van der Waals surface area contributed by atoms with E-state index in [0.717, 1.165) is 12.2 Å². The van der Waals surface area contributed by atoms with E-state index in [2.05, 4.69) is 53.1 Å². The van der Waals surface area contributed by atoms with Gasteiger partial charge in [-0.25, -0.2) is 0 Å². The average molecular weight is 437 g/mol. The molecule has 2 rings (SSSR count). The van der Waals surface area contributed by atoms with Gasteiger partial charge in [0.2, 0.25) is 0 Å². The molecule has 0 radical (unpaired) electrons. The van der Waals surface area contributed by atoms with Crippen molar-refractivity contribution in [3.8, 4) is 0 Å². The number of nitrogens with zero attached hydrogens (tertiary/aromatic N) is 2. The molecule has 2 nitrogen and oxygen atoms in total. The van der Waals surface area contributed by atoms with E-state index in [4.69, 9.17) is 0 Å². The Hall–Kier alpha value is 1.30. The van der Waals surface area contributed by atoms with Crippen LogP contribution in [0.5, 0.6) is 0 Å². The number of hydrogen-bond donors (Lipinski definition) is 0. The summed E-state index contributed by atoms with van der Waals surface area (Å²) in [5.74, 6) is 0. The van der Waals surface area contributed by atoms with E-state index in [1.165, 1.54) is 19.3 Å². The van der Waals surface area contributed by atoms with Crippen LogP contribution in [0, 0.1) is 49.2 Å². The molecule has 1 atom stereocenters. The molecule has 0 bridgehead atoms. The van der Waals surface area contributed by atoms with Crippen molar-refractivity contribution in [2.75, 3.05) is 6.54 Å². The van der Waals surface area contributed by atoms with Crippen molar-refractivity contribution in [2.24, 2.45) is 0 Å². The minimum Gasteiger partial charge on any atom is -0.654 e. The Morgan fingerprint density at radius 3 is 2.28 bits per heavy atom. The molecule has 1 fully saturated rings. The van der Waals surface area contributed by atoms with Crippen molar-refractivity contribution in [3.63, 3.8) is 0 Å². The van der Waals surface area contributed by atoms with E-state index in [0.29, 0.717) is 6.04 Å². The molecule has 1 saturated heterocycles. The van der Waals surface area contributed by atoms with Crippen molar-refractivity contribution in [1.29, 1.82) is 0 Å².